The average Bonchev–Trinajstić information content (AvgIpc) is 2.95. The van der Waals surface area contributed by atoms with E-state index in [4.69, 9.17) is 9.47 Å². The van der Waals surface area contributed by atoms with Gasteiger partial charge in [0, 0.05) is 55.7 Å². The van der Waals surface area contributed by atoms with Gasteiger partial charge in [0.25, 0.3) is 0 Å². The predicted octanol–water partition coefficient (Wildman–Crippen LogP) is 4.18. The van der Waals surface area contributed by atoms with Crippen LogP contribution in [-0.2, 0) is 0 Å². The molecule has 0 unspecified atom stereocenters. The minimum Gasteiger partial charge on any atom is -1.00 e. The number of aromatic nitrogens is 1. The Balaban J connectivity index is 0.00000294. The molecule has 38 heavy (non-hydrogen) atoms. The van der Waals surface area contributed by atoms with Crippen molar-refractivity contribution in [3.05, 3.63) is 103 Å². The quantitative estimate of drug-likeness (QED) is 0.232. The SMILES string of the molecule is COc1cccc2c1c(-c1cccc3ccccc13)c1c(OC)cc(N(C)C)cc1[n+]2-c1ccccc1.[Br-]. The number of anilines is 1. The van der Waals surface area contributed by atoms with Gasteiger partial charge in [-0.15, -0.1) is 0 Å². The van der Waals surface area contributed by atoms with Crippen LogP contribution in [0.2, 0.25) is 0 Å². The smallest absolute Gasteiger partial charge is 0.225 e. The number of para-hydroxylation sites is 1. The van der Waals surface area contributed by atoms with Crippen molar-refractivity contribution in [2.45, 2.75) is 0 Å². The zero-order valence-electron chi connectivity index (χ0n) is 21.9. The third kappa shape index (κ3) is 4.04. The fraction of sp³-hybridized carbons (Fsp3) is 0.121. The fourth-order valence-corrected chi connectivity index (χ4v) is 5.38. The summed E-state index contributed by atoms with van der Waals surface area (Å²) in [6.45, 7) is 0. The van der Waals surface area contributed by atoms with Gasteiger partial charge in [0.1, 0.15) is 11.5 Å². The summed E-state index contributed by atoms with van der Waals surface area (Å²) in [5, 5.41) is 4.48. The topological polar surface area (TPSA) is 25.6 Å². The first-order valence-corrected chi connectivity index (χ1v) is 12.4. The van der Waals surface area contributed by atoms with Gasteiger partial charge in [-0.1, -0.05) is 66.7 Å². The molecule has 0 aliphatic rings. The van der Waals surface area contributed by atoms with Crippen LogP contribution in [0.4, 0.5) is 5.69 Å². The first-order valence-electron chi connectivity index (χ1n) is 12.4. The van der Waals surface area contributed by atoms with Crippen LogP contribution in [0, 0.1) is 0 Å². The fourth-order valence-electron chi connectivity index (χ4n) is 5.38. The third-order valence-corrected chi connectivity index (χ3v) is 7.08. The first-order chi connectivity index (χ1) is 18.1. The molecule has 6 aromatic rings. The Hall–Kier alpha value is -4.09. The summed E-state index contributed by atoms with van der Waals surface area (Å²) < 4.78 is 14.5. The van der Waals surface area contributed by atoms with Crippen molar-refractivity contribution in [2.24, 2.45) is 0 Å². The molecule has 0 bridgehead atoms. The molecule has 0 saturated heterocycles. The third-order valence-electron chi connectivity index (χ3n) is 7.08. The molecule has 0 radical (unpaired) electrons. The van der Waals surface area contributed by atoms with Gasteiger partial charge in [0.05, 0.1) is 25.0 Å². The highest BCUT2D eigenvalue weighted by molar-refractivity contribution is 6.17. The van der Waals surface area contributed by atoms with E-state index in [1.54, 1.807) is 14.2 Å². The molecule has 0 saturated carbocycles. The van der Waals surface area contributed by atoms with Crippen molar-refractivity contribution < 1.29 is 31.0 Å². The summed E-state index contributed by atoms with van der Waals surface area (Å²) in [7, 11) is 7.61. The van der Waals surface area contributed by atoms with Crippen LogP contribution in [0.5, 0.6) is 11.5 Å². The molecule has 0 N–H and O–H groups in total. The summed E-state index contributed by atoms with van der Waals surface area (Å²) in [5.74, 6) is 1.65. The maximum absolute atomic E-state index is 6.13. The van der Waals surface area contributed by atoms with E-state index >= 15 is 0 Å². The number of benzene rings is 5. The lowest BCUT2D eigenvalue weighted by molar-refractivity contribution is -0.537. The standard InChI is InChI=1S/C33H29N2O2.BrH/c1-34(2)24-20-28-33(30(21-24)37-4)31(26-17-10-13-22-12-8-9-16-25(22)26)32-27(18-11-19-29(32)36-3)35(28)23-14-6-5-7-15-23;/h5-21H,1-4H3;1H/q+1;/p-1. The van der Waals surface area contributed by atoms with Crippen LogP contribution in [0.1, 0.15) is 0 Å². The Morgan fingerprint density at radius 1 is 0.632 bits per heavy atom. The van der Waals surface area contributed by atoms with Gasteiger partial charge in [-0.3, -0.25) is 0 Å². The number of hydrogen-bond acceptors (Lipinski definition) is 3. The molecule has 5 heteroatoms. The maximum Gasteiger partial charge on any atom is 0.225 e. The summed E-state index contributed by atoms with van der Waals surface area (Å²) in [6, 6.07) is 36.2. The van der Waals surface area contributed by atoms with Crippen molar-refractivity contribution in [3.63, 3.8) is 0 Å². The molecule has 6 rings (SSSR count). The summed E-state index contributed by atoms with van der Waals surface area (Å²) >= 11 is 0. The largest absolute Gasteiger partial charge is 1.00 e. The molecule has 0 fully saturated rings. The molecule has 0 amide bonds. The Morgan fingerprint density at radius 2 is 1.29 bits per heavy atom. The molecule has 4 nitrogen and oxygen atoms in total. The van der Waals surface area contributed by atoms with Crippen LogP contribution in [0.15, 0.2) is 103 Å². The number of methoxy groups -OCH3 is 2. The highest BCUT2D eigenvalue weighted by Gasteiger charge is 2.29. The number of pyridine rings is 1. The van der Waals surface area contributed by atoms with E-state index < -0.39 is 0 Å². The van der Waals surface area contributed by atoms with Gasteiger partial charge in [0.2, 0.25) is 16.7 Å². The number of nitrogens with zero attached hydrogens (tertiary/aromatic N) is 2. The highest BCUT2D eigenvalue weighted by atomic mass is 79.9. The minimum atomic E-state index is 0. The van der Waals surface area contributed by atoms with Gasteiger partial charge < -0.3 is 31.4 Å². The zero-order chi connectivity index (χ0) is 25.5. The minimum absolute atomic E-state index is 0. The Kier molecular flexibility index (Phi) is 6.96. The molecule has 190 valence electrons. The van der Waals surface area contributed by atoms with E-state index in [9.17, 15) is 0 Å². The Morgan fingerprint density at radius 3 is 2.03 bits per heavy atom. The van der Waals surface area contributed by atoms with E-state index in [1.807, 2.05) is 12.1 Å². The number of rotatable bonds is 5. The van der Waals surface area contributed by atoms with Crippen molar-refractivity contribution in [2.75, 3.05) is 33.2 Å². The summed E-state index contributed by atoms with van der Waals surface area (Å²) in [5.41, 5.74) is 6.53. The molecule has 0 aliphatic carbocycles. The highest BCUT2D eigenvalue weighted by Crippen LogP contribution is 2.46. The lowest BCUT2D eigenvalue weighted by Gasteiger charge is -2.20. The van der Waals surface area contributed by atoms with Crippen molar-refractivity contribution in [3.8, 4) is 28.3 Å². The molecule has 0 aliphatic heterocycles. The molecule has 0 atom stereocenters. The second-order valence-corrected chi connectivity index (χ2v) is 9.36. The van der Waals surface area contributed by atoms with Crippen molar-refractivity contribution in [1.29, 1.82) is 0 Å². The second-order valence-electron chi connectivity index (χ2n) is 9.36. The van der Waals surface area contributed by atoms with E-state index in [0.29, 0.717) is 0 Å². The van der Waals surface area contributed by atoms with Crippen LogP contribution in [0.3, 0.4) is 0 Å². The van der Waals surface area contributed by atoms with Gasteiger partial charge in [-0.05, 0) is 22.4 Å². The lowest BCUT2D eigenvalue weighted by atomic mass is 9.90. The number of ether oxygens (including phenoxy) is 2. The van der Waals surface area contributed by atoms with Crippen LogP contribution in [0.25, 0.3) is 49.4 Å². The second kappa shape index (κ2) is 10.3. The average molecular weight is 566 g/mol. The van der Waals surface area contributed by atoms with Crippen LogP contribution >= 0.6 is 0 Å². The van der Waals surface area contributed by atoms with Gasteiger partial charge in [0.15, 0.2) is 0 Å². The maximum atomic E-state index is 6.13. The van der Waals surface area contributed by atoms with Crippen LogP contribution < -0.4 is 35.9 Å². The normalized spacial score (nSPS) is 10.9. The van der Waals surface area contributed by atoms with Gasteiger partial charge >= 0.3 is 0 Å². The Labute approximate surface area is 233 Å². The summed E-state index contributed by atoms with van der Waals surface area (Å²) in [6.07, 6.45) is 0. The number of halogens is 1. The monoisotopic (exact) mass is 564 g/mol. The van der Waals surface area contributed by atoms with Crippen molar-refractivity contribution >= 4 is 38.3 Å². The molecular weight excluding hydrogens is 536 g/mol. The molecule has 5 aromatic carbocycles. The van der Waals surface area contributed by atoms with E-state index in [-0.39, 0.29) is 17.0 Å². The number of fused-ring (bicyclic) bond motifs is 3. The molecule has 0 spiro atoms. The first kappa shape index (κ1) is 25.6. The zero-order valence-corrected chi connectivity index (χ0v) is 23.5. The molecule has 1 heterocycles. The van der Waals surface area contributed by atoms with Gasteiger partial charge in [-0.2, -0.15) is 4.57 Å². The molecular formula is C33H29BrN2O2. The van der Waals surface area contributed by atoms with Crippen LogP contribution in [-0.4, -0.2) is 28.3 Å². The lowest BCUT2D eigenvalue weighted by Crippen LogP contribution is -3.00. The molecule has 1 aromatic heterocycles. The Bertz CT molecular complexity index is 1780. The summed E-state index contributed by atoms with van der Waals surface area (Å²) in [4.78, 5) is 2.12. The van der Waals surface area contributed by atoms with Crippen molar-refractivity contribution in [1.82, 2.24) is 0 Å². The van der Waals surface area contributed by atoms with Gasteiger partial charge in [-0.25, -0.2) is 0 Å². The predicted molar refractivity (Wildman–Crippen MR) is 153 cm³/mol. The van der Waals surface area contributed by atoms with E-state index in [1.165, 1.54) is 10.8 Å². The van der Waals surface area contributed by atoms with E-state index in [2.05, 4.69) is 115 Å². The number of hydrogen-bond donors (Lipinski definition) is 0. The van der Waals surface area contributed by atoms with E-state index in [0.717, 1.165) is 55.8 Å².